The zero-order valence-corrected chi connectivity index (χ0v) is 10.6. The third-order valence-corrected chi connectivity index (χ3v) is 4.33. The van der Waals surface area contributed by atoms with Gasteiger partial charge in [0.2, 0.25) is 0 Å². The molecule has 0 spiro atoms. The molecule has 0 aromatic carbocycles. The molecule has 94 valence electrons. The Morgan fingerprint density at radius 3 is 2.75 bits per heavy atom. The lowest BCUT2D eigenvalue weighted by molar-refractivity contribution is -0.0413. The van der Waals surface area contributed by atoms with Crippen LogP contribution in [0.3, 0.4) is 0 Å². The second-order valence-electron chi connectivity index (χ2n) is 5.55. The van der Waals surface area contributed by atoms with Crippen molar-refractivity contribution in [3.63, 3.8) is 0 Å². The maximum Gasteiger partial charge on any atom is 0.0700 e. The van der Waals surface area contributed by atoms with Crippen molar-refractivity contribution in [2.45, 2.75) is 45.1 Å². The van der Waals surface area contributed by atoms with Crippen molar-refractivity contribution >= 4 is 0 Å². The summed E-state index contributed by atoms with van der Waals surface area (Å²) in [7, 11) is 0. The third kappa shape index (κ3) is 2.76. The van der Waals surface area contributed by atoms with E-state index in [1.54, 1.807) is 0 Å². The first-order valence-electron chi connectivity index (χ1n) is 6.82. The van der Waals surface area contributed by atoms with Crippen molar-refractivity contribution in [1.82, 2.24) is 4.90 Å². The van der Waals surface area contributed by atoms with Gasteiger partial charge in [0.15, 0.2) is 0 Å². The third-order valence-electron chi connectivity index (χ3n) is 4.33. The zero-order chi connectivity index (χ0) is 11.4. The fourth-order valence-corrected chi connectivity index (χ4v) is 3.20. The molecule has 1 saturated carbocycles. The van der Waals surface area contributed by atoms with E-state index in [0.29, 0.717) is 11.5 Å². The van der Waals surface area contributed by atoms with Gasteiger partial charge in [0, 0.05) is 19.6 Å². The lowest BCUT2D eigenvalue weighted by Crippen LogP contribution is -2.48. The first kappa shape index (κ1) is 12.3. The highest BCUT2D eigenvalue weighted by molar-refractivity contribution is 4.89. The first-order valence-corrected chi connectivity index (χ1v) is 6.82. The van der Waals surface area contributed by atoms with Gasteiger partial charge in [-0.25, -0.2) is 0 Å². The van der Waals surface area contributed by atoms with Gasteiger partial charge in [-0.15, -0.1) is 0 Å². The molecule has 0 bridgehead atoms. The summed E-state index contributed by atoms with van der Waals surface area (Å²) in [5.41, 5.74) is 6.42. The number of morpholine rings is 1. The Hall–Kier alpha value is -0.120. The van der Waals surface area contributed by atoms with Gasteiger partial charge in [0.25, 0.3) is 0 Å². The largest absolute Gasteiger partial charge is 0.376 e. The molecule has 2 aliphatic rings. The summed E-state index contributed by atoms with van der Waals surface area (Å²) in [6.07, 6.45) is 6.99. The van der Waals surface area contributed by atoms with Gasteiger partial charge in [0.1, 0.15) is 0 Å². The molecule has 16 heavy (non-hydrogen) atoms. The Kier molecular flexibility index (Phi) is 4.22. The minimum Gasteiger partial charge on any atom is -0.376 e. The second kappa shape index (κ2) is 5.48. The standard InChI is InChI=1S/C13H26N2O/c1-2-12-9-15(7-8-16-12)11-13(10-14)5-3-4-6-13/h12H,2-11,14H2,1H3. The predicted octanol–water partition coefficient (Wildman–Crippen LogP) is 1.62. The van der Waals surface area contributed by atoms with E-state index in [1.165, 1.54) is 32.2 Å². The minimum atomic E-state index is 0.426. The van der Waals surface area contributed by atoms with Crippen molar-refractivity contribution < 1.29 is 4.74 Å². The van der Waals surface area contributed by atoms with Crippen molar-refractivity contribution in [2.75, 3.05) is 32.8 Å². The molecule has 0 amide bonds. The number of nitrogens with zero attached hydrogens (tertiary/aromatic N) is 1. The van der Waals surface area contributed by atoms with Gasteiger partial charge in [0.05, 0.1) is 12.7 Å². The SMILES string of the molecule is CCC1CN(CC2(CN)CCCC2)CCO1. The Morgan fingerprint density at radius 1 is 1.38 bits per heavy atom. The van der Waals surface area contributed by atoms with E-state index >= 15 is 0 Å². The van der Waals surface area contributed by atoms with E-state index in [0.717, 1.165) is 32.7 Å². The molecule has 1 aliphatic carbocycles. The molecular formula is C13H26N2O. The fraction of sp³-hybridized carbons (Fsp3) is 1.00. The quantitative estimate of drug-likeness (QED) is 0.791. The first-order chi connectivity index (χ1) is 7.78. The summed E-state index contributed by atoms with van der Waals surface area (Å²) in [6.45, 7) is 7.38. The maximum absolute atomic E-state index is 6.00. The number of ether oxygens (including phenoxy) is 1. The number of nitrogens with two attached hydrogens (primary N) is 1. The van der Waals surface area contributed by atoms with Crippen LogP contribution < -0.4 is 5.73 Å². The van der Waals surface area contributed by atoms with Gasteiger partial charge in [-0.05, 0) is 31.2 Å². The van der Waals surface area contributed by atoms with Crippen LogP contribution in [-0.4, -0.2) is 43.8 Å². The highest BCUT2D eigenvalue weighted by Crippen LogP contribution is 2.38. The van der Waals surface area contributed by atoms with Crippen molar-refractivity contribution in [1.29, 1.82) is 0 Å². The lowest BCUT2D eigenvalue weighted by atomic mass is 9.85. The summed E-state index contributed by atoms with van der Waals surface area (Å²) in [4.78, 5) is 2.58. The van der Waals surface area contributed by atoms with Crippen molar-refractivity contribution in [3.05, 3.63) is 0 Å². The van der Waals surface area contributed by atoms with Crippen LogP contribution >= 0.6 is 0 Å². The summed E-state index contributed by atoms with van der Waals surface area (Å²) in [5, 5.41) is 0. The predicted molar refractivity (Wildman–Crippen MR) is 66.4 cm³/mol. The Bertz CT molecular complexity index is 214. The highest BCUT2D eigenvalue weighted by atomic mass is 16.5. The fourth-order valence-electron chi connectivity index (χ4n) is 3.20. The number of hydrogen-bond donors (Lipinski definition) is 1. The van der Waals surface area contributed by atoms with Crippen LogP contribution in [0.5, 0.6) is 0 Å². The molecule has 1 aliphatic heterocycles. The van der Waals surface area contributed by atoms with E-state index in [-0.39, 0.29) is 0 Å². The topological polar surface area (TPSA) is 38.5 Å². The number of hydrogen-bond acceptors (Lipinski definition) is 3. The zero-order valence-electron chi connectivity index (χ0n) is 10.6. The van der Waals surface area contributed by atoms with Gasteiger partial charge in [-0.3, -0.25) is 4.90 Å². The number of rotatable bonds is 4. The Labute approximate surface area is 99.3 Å². The van der Waals surface area contributed by atoms with E-state index in [4.69, 9.17) is 10.5 Å². The van der Waals surface area contributed by atoms with Crippen LogP contribution in [-0.2, 0) is 4.74 Å². The van der Waals surface area contributed by atoms with E-state index in [2.05, 4.69) is 11.8 Å². The van der Waals surface area contributed by atoms with E-state index in [9.17, 15) is 0 Å². The smallest absolute Gasteiger partial charge is 0.0700 e. The molecule has 1 heterocycles. The van der Waals surface area contributed by atoms with Crippen LogP contribution in [0.1, 0.15) is 39.0 Å². The second-order valence-corrected chi connectivity index (χ2v) is 5.55. The van der Waals surface area contributed by atoms with E-state index in [1.807, 2.05) is 0 Å². The molecule has 1 unspecified atom stereocenters. The summed E-state index contributed by atoms with van der Waals surface area (Å²) in [5.74, 6) is 0. The monoisotopic (exact) mass is 226 g/mol. The van der Waals surface area contributed by atoms with Crippen LogP contribution in [0.15, 0.2) is 0 Å². The van der Waals surface area contributed by atoms with Gasteiger partial charge in [-0.1, -0.05) is 19.8 Å². The Balaban J connectivity index is 1.87. The molecule has 0 radical (unpaired) electrons. The lowest BCUT2D eigenvalue weighted by Gasteiger charge is -2.39. The van der Waals surface area contributed by atoms with Crippen molar-refractivity contribution in [2.24, 2.45) is 11.1 Å². The van der Waals surface area contributed by atoms with Crippen LogP contribution in [0.25, 0.3) is 0 Å². The molecule has 1 atom stereocenters. The summed E-state index contributed by atoms with van der Waals surface area (Å²) >= 11 is 0. The molecule has 3 heteroatoms. The average molecular weight is 226 g/mol. The molecule has 2 rings (SSSR count). The average Bonchev–Trinajstić information content (AvgIpc) is 2.78. The minimum absolute atomic E-state index is 0.426. The Morgan fingerprint density at radius 2 is 2.12 bits per heavy atom. The van der Waals surface area contributed by atoms with Crippen LogP contribution in [0.2, 0.25) is 0 Å². The molecular weight excluding hydrogens is 200 g/mol. The molecule has 1 saturated heterocycles. The normalized spacial score (nSPS) is 30.8. The van der Waals surface area contributed by atoms with Crippen LogP contribution in [0.4, 0.5) is 0 Å². The van der Waals surface area contributed by atoms with E-state index < -0.39 is 0 Å². The molecule has 0 aromatic heterocycles. The summed E-state index contributed by atoms with van der Waals surface area (Å²) < 4.78 is 5.72. The van der Waals surface area contributed by atoms with Gasteiger partial charge < -0.3 is 10.5 Å². The van der Waals surface area contributed by atoms with Crippen LogP contribution in [0, 0.1) is 5.41 Å². The molecule has 2 fully saturated rings. The highest BCUT2D eigenvalue weighted by Gasteiger charge is 2.35. The van der Waals surface area contributed by atoms with Crippen molar-refractivity contribution in [3.8, 4) is 0 Å². The summed E-state index contributed by atoms with van der Waals surface area (Å²) in [6, 6.07) is 0. The molecule has 2 N–H and O–H groups in total. The van der Waals surface area contributed by atoms with Gasteiger partial charge in [-0.2, -0.15) is 0 Å². The maximum atomic E-state index is 6.00. The molecule has 0 aromatic rings. The van der Waals surface area contributed by atoms with Gasteiger partial charge >= 0.3 is 0 Å². The molecule has 3 nitrogen and oxygen atoms in total.